The van der Waals surface area contributed by atoms with Crippen LogP contribution in [0.4, 0.5) is 0 Å². The third-order valence-electron chi connectivity index (χ3n) is 4.41. The van der Waals surface area contributed by atoms with Gasteiger partial charge in [-0.2, -0.15) is 0 Å². The highest BCUT2D eigenvalue weighted by atomic mass is 17.3. The lowest BCUT2D eigenvalue weighted by Crippen LogP contribution is -2.30. The van der Waals surface area contributed by atoms with Gasteiger partial charge in [0.15, 0.2) is 0 Å². The van der Waals surface area contributed by atoms with E-state index in [-0.39, 0.29) is 0 Å². The van der Waals surface area contributed by atoms with Crippen molar-refractivity contribution >= 4 is 11.8 Å². The Bertz CT molecular complexity index is 773. The molecule has 0 spiro atoms. The summed E-state index contributed by atoms with van der Waals surface area (Å²) in [5.41, 5.74) is 2.64. The number of hydrogen-bond acceptors (Lipinski definition) is 4. The van der Waals surface area contributed by atoms with Crippen molar-refractivity contribution in [3.8, 4) is 0 Å². The third-order valence-corrected chi connectivity index (χ3v) is 4.41. The average molecular weight is 353 g/mol. The molecule has 0 aromatic heterocycles. The minimum atomic E-state index is -0.478. The molecule has 5 nitrogen and oxygen atoms in total. The van der Waals surface area contributed by atoms with Crippen molar-refractivity contribution in [3.63, 3.8) is 0 Å². The maximum Gasteiger partial charge on any atom is 0.288 e. The first-order valence-electron chi connectivity index (χ1n) is 9.06. The number of carbonyl (C=O) groups is 2. The summed E-state index contributed by atoms with van der Waals surface area (Å²) >= 11 is 0. The fraction of sp³-hybridized carbons (Fsp3) is 0.333. The van der Waals surface area contributed by atoms with Gasteiger partial charge in [-0.3, -0.25) is 9.59 Å². The van der Waals surface area contributed by atoms with Crippen LogP contribution in [0.2, 0.25) is 0 Å². The van der Waals surface area contributed by atoms with Crippen molar-refractivity contribution in [2.45, 2.75) is 39.0 Å². The Morgan fingerprint density at radius 3 is 2.46 bits per heavy atom. The number of hydrogen-bond donors (Lipinski definition) is 0. The lowest BCUT2D eigenvalue weighted by atomic mass is 9.97. The smallest absolute Gasteiger partial charge is 0.266 e. The lowest BCUT2D eigenvalue weighted by molar-refractivity contribution is -0.385. The van der Waals surface area contributed by atoms with Crippen LogP contribution in [0.1, 0.15) is 64.4 Å². The van der Waals surface area contributed by atoms with Crippen molar-refractivity contribution in [2.24, 2.45) is 0 Å². The molecule has 2 amide bonds. The van der Waals surface area contributed by atoms with E-state index in [1.165, 1.54) is 0 Å². The summed E-state index contributed by atoms with van der Waals surface area (Å²) in [5, 5.41) is 0.721. The van der Waals surface area contributed by atoms with Gasteiger partial charge in [-0.05, 0) is 30.0 Å². The summed E-state index contributed by atoms with van der Waals surface area (Å²) in [7, 11) is 0. The van der Waals surface area contributed by atoms with Gasteiger partial charge in [-0.15, -0.1) is 10.1 Å². The van der Waals surface area contributed by atoms with Gasteiger partial charge in [0, 0.05) is 0 Å². The number of imide groups is 1. The van der Waals surface area contributed by atoms with Gasteiger partial charge in [0.25, 0.3) is 11.8 Å². The van der Waals surface area contributed by atoms with Gasteiger partial charge in [-0.1, -0.05) is 68.7 Å². The fourth-order valence-electron chi connectivity index (χ4n) is 3.04. The van der Waals surface area contributed by atoms with E-state index in [2.05, 4.69) is 6.92 Å². The SMILES string of the molecule is CCCCCCOON1C(=O)c2cccc(Cc3ccccc3)c2C1=O. The first-order valence-corrected chi connectivity index (χ1v) is 9.06. The van der Waals surface area contributed by atoms with E-state index in [0.717, 1.165) is 41.9 Å². The minimum Gasteiger partial charge on any atom is -0.266 e. The molecule has 0 aliphatic carbocycles. The van der Waals surface area contributed by atoms with E-state index in [1.807, 2.05) is 36.4 Å². The van der Waals surface area contributed by atoms with Gasteiger partial charge in [0.2, 0.25) is 0 Å². The van der Waals surface area contributed by atoms with E-state index in [4.69, 9.17) is 9.88 Å². The third kappa shape index (κ3) is 4.00. The summed E-state index contributed by atoms with van der Waals surface area (Å²) in [6.45, 7) is 2.48. The Labute approximate surface area is 153 Å². The highest BCUT2D eigenvalue weighted by Gasteiger charge is 2.39. The Morgan fingerprint density at radius 1 is 0.885 bits per heavy atom. The molecule has 0 saturated carbocycles. The van der Waals surface area contributed by atoms with Crippen LogP contribution in [0.15, 0.2) is 48.5 Å². The zero-order valence-corrected chi connectivity index (χ0v) is 14.9. The zero-order chi connectivity index (χ0) is 18.4. The number of benzene rings is 2. The molecule has 3 rings (SSSR count). The topological polar surface area (TPSA) is 55.8 Å². The molecule has 0 radical (unpaired) electrons. The van der Waals surface area contributed by atoms with Crippen molar-refractivity contribution < 1.29 is 19.5 Å². The second-order valence-electron chi connectivity index (χ2n) is 6.36. The number of unbranched alkanes of at least 4 members (excludes halogenated alkanes) is 3. The number of rotatable bonds is 9. The predicted octanol–water partition coefficient (Wildman–Crippen LogP) is 4.32. The summed E-state index contributed by atoms with van der Waals surface area (Å²) in [6, 6.07) is 15.1. The molecule has 26 heavy (non-hydrogen) atoms. The quantitative estimate of drug-likeness (QED) is 0.292. The van der Waals surface area contributed by atoms with E-state index < -0.39 is 11.8 Å². The molecular formula is C21H23NO4. The van der Waals surface area contributed by atoms with Crippen LogP contribution in [-0.2, 0) is 16.3 Å². The highest BCUT2D eigenvalue weighted by molar-refractivity contribution is 6.21. The molecule has 0 fully saturated rings. The largest absolute Gasteiger partial charge is 0.288 e. The Hall–Kier alpha value is -2.50. The number of carbonyl (C=O) groups excluding carboxylic acids is 2. The van der Waals surface area contributed by atoms with Crippen molar-refractivity contribution in [3.05, 3.63) is 70.8 Å². The van der Waals surface area contributed by atoms with Crippen LogP contribution in [-0.4, -0.2) is 23.5 Å². The highest BCUT2D eigenvalue weighted by Crippen LogP contribution is 2.28. The van der Waals surface area contributed by atoms with Gasteiger partial charge >= 0.3 is 0 Å². The fourth-order valence-corrected chi connectivity index (χ4v) is 3.04. The molecule has 136 valence electrons. The molecule has 0 unspecified atom stereocenters. The number of nitrogens with zero attached hydrogens (tertiary/aromatic N) is 1. The van der Waals surface area contributed by atoms with Gasteiger partial charge < -0.3 is 0 Å². The van der Waals surface area contributed by atoms with E-state index in [1.54, 1.807) is 12.1 Å². The lowest BCUT2D eigenvalue weighted by Gasteiger charge is -2.11. The molecule has 0 saturated heterocycles. The second kappa shape index (κ2) is 8.74. The average Bonchev–Trinajstić information content (AvgIpc) is 2.91. The second-order valence-corrected chi connectivity index (χ2v) is 6.36. The first-order chi connectivity index (χ1) is 12.7. The van der Waals surface area contributed by atoms with E-state index >= 15 is 0 Å². The molecule has 0 N–H and O–H groups in total. The van der Waals surface area contributed by atoms with Crippen LogP contribution in [0.5, 0.6) is 0 Å². The van der Waals surface area contributed by atoms with Crippen LogP contribution in [0.3, 0.4) is 0 Å². The maximum absolute atomic E-state index is 12.7. The normalized spacial score (nSPS) is 13.3. The number of fused-ring (bicyclic) bond motifs is 1. The molecule has 1 aliphatic heterocycles. The van der Waals surface area contributed by atoms with Crippen LogP contribution < -0.4 is 0 Å². The maximum atomic E-state index is 12.7. The molecule has 2 aromatic rings. The predicted molar refractivity (Wildman–Crippen MR) is 97.4 cm³/mol. The van der Waals surface area contributed by atoms with E-state index in [9.17, 15) is 9.59 Å². The van der Waals surface area contributed by atoms with E-state index in [0.29, 0.717) is 24.2 Å². The molecule has 2 aromatic carbocycles. The standard InChI is InChI=1S/C21H23NO4/c1-2-3-4-8-14-25-26-22-20(23)18-13-9-12-17(19(18)21(22)24)15-16-10-6-5-7-11-16/h5-7,9-13H,2-4,8,14-15H2,1H3. The summed E-state index contributed by atoms with van der Waals surface area (Å²) in [4.78, 5) is 35.3. The van der Waals surface area contributed by atoms with Gasteiger partial charge in [0.1, 0.15) is 0 Å². The number of hydroxylamine groups is 2. The summed E-state index contributed by atoms with van der Waals surface area (Å²) < 4.78 is 0. The molecule has 1 aliphatic rings. The monoisotopic (exact) mass is 353 g/mol. The Balaban J connectivity index is 1.68. The first kappa shape index (κ1) is 18.3. The Morgan fingerprint density at radius 2 is 1.69 bits per heavy atom. The summed E-state index contributed by atoms with van der Waals surface area (Å²) in [6.07, 6.45) is 4.69. The minimum absolute atomic E-state index is 0.351. The van der Waals surface area contributed by atoms with Crippen LogP contribution in [0.25, 0.3) is 0 Å². The molecule has 5 heteroatoms. The van der Waals surface area contributed by atoms with Crippen LogP contribution in [0, 0.1) is 0 Å². The van der Waals surface area contributed by atoms with Crippen molar-refractivity contribution in [2.75, 3.05) is 6.61 Å². The molecular weight excluding hydrogens is 330 g/mol. The molecule has 1 heterocycles. The van der Waals surface area contributed by atoms with Crippen LogP contribution >= 0.6 is 0 Å². The molecule has 0 atom stereocenters. The van der Waals surface area contributed by atoms with Crippen molar-refractivity contribution in [1.82, 2.24) is 5.06 Å². The molecule has 0 bridgehead atoms. The van der Waals surface area contributed by atoms with Gasteiger partial charge in [0.05, 0.1) is 17.7 Å². The van der Waals surface area contributed by atoms with Gasteiger partial charge in [-0.25, -0.2) is 4.89 Å². The summed E-state index contributed by atoms with van der Waals surface area (Å²) in [5.74, 6) is -0.946. The Kier molecular flexibility index (Phi) is 6.15. The zero-order valence-electron chi connectivity index (χ0n) is 14.9. The number of amides is 2. The van der Waals surface area contributed by atoms with Crippen molar-refractivity contribution in [1.29, 1.82) is 0 Å².